The zero-order valence-electron chi connectivity index (χ0n) is 17.9. The molecule has 0 bridgehead atoms. The van der Waals surface area contributed by atoms with Gasteiger partial charge >= 0.3 is 0 Å². The lowest BCUT2D eigenvalue weighted by Gasteiger charge is -2.56. The lowest BCUT2D eigenvalue weighted by molar-refractivity contribution is -0.133. The van der Waals surface area contributed by atoms with Gasteiger partial charge in [0, 0.05) is 29.1 Å². The van der Waals surface area contributed by atoms with Crippen LogP contribution in [0.3, 0.4) is 0 Å². The van der Waals surface area contributed by atoms with Gasteiger partial charge < -0.3 is 10.5 Å². The van der Waals surface area contributed by atoms with Crippen molar-refractivity contribution in [2.75, 3.05) is 0 Å². The van der Waals surface area contributed by atoms with Gasteiger partial charge in [-0.2, -0.15) is 10.4 Å². The average molecular weight is 417 g/mol. The number of nitriles is 1. The molecule has 0 aliphatic heterocycles. The van der Waals surface area contributed by atoms with Gasteiger partial charge in [-0.1, -0.05) is 39.3 Å². The second kappa shape index (κ2) is 8.46. The number of hydrogen-bond acceptors (Lipinski definition) is 4. The van der Waals surface area contributed by atoms with E-state index in [4.69, 9.17) is 27.3 Å². The minimum atomic E-state index is -0.482. The quantitative estimate of drug-likeness (QED) is 0.760. The zero-order valence-corrected chi connectivity index (χ0v) is 18.6. The first-order valence-corrected chi connectivity index (χ1v) is 9.96. The number of hydrogen-bond donors (Lipinski definition) is 1. The number of carbonyl (C=O) groups is 1. The summed E-state index contributed by atoms with van der Waals surface area (Å²) in [4.78, 5) is 10.6. The van der Waals surface area contributed by atoms with Crippen molar-refractivity contribution < 1.29 is 9.53 Å². The Morgan fingerprint density at radius 2 is 1.93 bits per heavy atom. The highest BCUT2D eigenvalue weighted by molar-refractivity contribution is 6.31. The Bertz CT molecular complexity index is 911. The largest absolute Gasteiger partial charge is 0.489 e. The molecule has 0 atom stereocenters. The standard InChI is InChI=1S/C15H18ClNO.C7H11N3O/c1-14(2)9-15(3,4)13(14)18-11-6-5-10(8-17)12(16)7-11;1-5(2)10-4-3-6(9-10)7(8)11/h5-7,13H,9H2,1-4H3;3-5H,1-2H3,(H2,8,11). The molecule has 0 spiro atoms. The van der Waals surface area contributed by atoms with E-state index in [1.54, 1.807) is 29.1 Å². The number of nitrogens with two attached hydrogens (primary N) is 1. The highest BCUT2D eigenvalue weighted by Crippen LogP contribution is 2.55. The van der Waals surface area contributed by atoms with Crippen LogP contribution in [0, 0.1) is 22.2 Å². The maximum atomic E-state index is 10.6. The van der Waals surface area contributed by atoms with Crippen LogP contribution >= 0.6 is 11.6 Å². The van der Waals surface area contributed by atoms with Crippen LogP contribution in [-0.2, 0) is 0 Å². The third kappa shape index (κ3) is 5.30. The number of primary amides is 1. The van der Waals surface area contributed by atoms with E-state index in [9.17, 15) is 4.79 Å². The molecule has 156 valence electrons. The number of amides is 1. The van der Waals surface area contributed by atoms with Crippen LogP contribution in [0.5, 0.6) is 5.75 Å². The number of nitrogens with zero attached hydrogens (tertiary/aromatic N) is 3. The van der Waals surface area contributed by atoms with Crippen molar-refractivity contribution in [3.8, 4) is 11.8 Å². The molecule has 6 nitrogen and oxygen atoms in total. The fraction of sp³-hybridized carbons (Fsp3) is 0.500. The Balaban J connectivity index is 0.000000234. The van der Waals surface area contributed by atoms with Gasteiger partial charge in [0.1, 0.15) is 23.6 Å². The SMILES string of the molecule is CC(C)n1ccc(C(N)=O)n1.CC1(C)CC(C)(C)C1Oc1ccc(C#N)c(Cl)c1. The Hall–Kier alpha value is -2.52. The summed E-state index contributed by atoms with van der Waals surface area (Å²) in [5, 5.41) is 13.2. The van der Waals surface area contributed by atoms with Crippen LogP contribution in [0.25, 0.3) is 0 Å². The molecule has 1 aromatic heterocycles. The van der Waals surface area contributed by atoms with Crippen molar-refractivity contribution in [3.63, 3.8) is 0 Å². The summed E-state index contributed by atoms with van der Waals surface area (Å²) in [5.41, 5.74) is 6.18. The molecular weight excluding hydrogens is 388 g/mol. The van der Waals surface area contributed by atoms with Crippen LogP contribution in [0.15, 0.2) is 30.5 Å². The molecule has 1 amide bonds. The van der Waals surface area contributed by atoms with E-state index >= 15 is 0 Å². The third-order valence-electron chi connectivity index (χ3n) is 5.04. The fourth-order valence-electron chi connectivity index (χ4n) is 4.16. The van der Waals surface area contributed by atoms with Crippen LogP contribution < -0.4 is 10.5 Å². The molecule has 29 heavy (non-hydrogen) atoms. The van der Waals surface area contributed by atoms with Crippen molar-refractivity contribution in [2.45, 2.75) is 60.1 Å². The smallest absolute Gasteiger partial charge is 0.269 e. The monoisotopic (exact) mass is 416 g/mol. The van der Waals surface area contributed by atoms with Crippen LogP contribution in [0.4, 0.5) is 0 Å². The summed E-state index contributed by atoms with van der Waals surface area (Å²) < 4.78 is 7.76. The van der Waals surface area contributed by atoms with Crippen LogP contribution in [0.2, 0.25) is 5.02 Å². The Morgan fingerprint density at radius 3 is 2.31 bits per heavy atom. The third-order valence-corrected chi connectivity index (χ3v) is 5.35. The summed E-state index contributed by atoms with van der Waals surface area (Å²) >= 11 is 6.01. The molecule has 2 aromatic rings. The van der Waals surface area contributed by atoms with E-state index in [2.05, 4.69) is 32.8 Å². The van der Waals surface area contributed by atoms with E-state index in [1.165, 1.54) is 0 Å². The van der Waals surface area contributed by atoms with Crippen molar-refractivity contribution in [2.24, 2.45) is 16.6 Å². The second-order valence-corrected chi connectivity index (χ2v) is 9.45. The van der Waals surface area contributed by atoms with E-state index in [-0.39, 0.29) is 23.0 Å². The first-order chi connectivity index (χ1) is 13.4. The fourth-order valence-corrected chi connectivity index (χ4v) is 4.37. The van der Waals surface area contributed by atoms with Crippen molar-refractivity contribution in [1.29, 1.82) is 5.26 Å². The van der Waals surface area contributed by atoms with Gasteiger partial charge in [-0.25, -0.2) is 0 Å². The molecule has 1 saturated carbocycles. The maximum absolute atomic E-state index is 10.6. The zero-order chi connectivity index (χ0) is 22.0. The number of ether oxygens (including phenoxy) is 1. The molecular formula is C22H29ClN4O2. The van der Waals surface area contributed by atoms with Gasteiger partial charge in [0.25, 0.3) is 5.91 Å². The van der Waals surface area contributed by atoms with Crippen LogP contribution in [0.1, 0.15) is 70.1 Å². The number of aromatic nitrogens is 2. The average Bonchev–Trinajstić information content (AvgIpc) is 3.10. The van der Waals surface area contributed by atoms with Crippen LogP contribution in [-0.4, -0.2) is 21.8 Å². The highest BCUT2D eigenvalue weighted by Gasteiger charge is 2.54. The normalized spacial score (nSPS) is 16.9. The van der Waals surface area contributed by atoms with Crippen molar-refractivity contribution in [1.82, 2.24) is 9.78 Å². The highest BCUT2D eigenvalue weighted by atomic mass is 35.5. The lowest BCUT2D eigenvalue weighted by Crippen LogP contribution is -2.58. The number of rotatable bonds is 4. The number of halogens is 1. The first kappa shape index (κ1) is 22.8. The molecule has 0 unspecified atom stereocenters. The van der Waals surface area contributed by atoms with Gasteiger partial charge in [0.05, 0.1) is 10.6 Å². The molecule has 1 aliphatic carbocycles. The summed E-state index contributed by atoms with van der Waals surface area (Å²) in [6.45, 7) is 12.8. The van der Waals surface area contributed by atoms with Gasteiger partial charge in [-0.05, 0) is 38.5 Å². The predicted molar refractivity (Wildman–Crippen MR) is 114 cm³/mol. The Kier molecular flexibility index (Phi) is 6.64. The molecule has 2 N–H and O–H groups in total. The predicted octanol–water partition coefficient (Wildman–Crippen LogP) is 4.98. The van der Waals surface area contributed by atoms with Gasteiger partial charge in [0.2, 0.25) is 0 Å². The molecule has 1 fully saturated rings. The molecule has 0 saturated heterocycles. The molecule has 0 radical (unpaired) electrons. The summed E-state index contributed by atoms with van der Waals surface area (Å²) in [6, 6.07) is 9.17. The van der Waals surface area contributed by atoms with E-state index < -0.39 is 5.91 Å². The number of benzene rings is 1. The van der Waals surface area contributed by atoms with Gasteiger partial charge in [-0.15, -0.1) is 0 Å². The molecule has 3 rings (SSSR count). The Morgan fingerprint density at radius 1 is 1.31 bits per heavy atom. The molecule has 1 heterocycles. The summed E-state index contributed by atoms with van der Waals surface area (Å²) in [5.74, 6) is 0.259. The second-order valence-electron chi connectivity index (χ2n) is 9.04. The first-order valence-electron chi connectivity index (χ1n) is 9.58. The maximum Gasteiger partial charge on any atom is 0.269 e. The van der Waals surface area contributed by atoms with Crippen molar-refractivity contribution >= 4 is 17.5 Å². The van der Waals surface area contributed by atoms with E-state index in [0.29, 0.717) is 16.3 Å². The Labute approximate surface area is 177 Å². The minimum absolute atomic E-state index is 0.175. The molecule has 1 aromatic carbocycles. The number of carbonyl (C=O) groups excluding carboxylic acids is 1. The van der Waals surface area contributed by atoms with E-state index in [0.717, 1.165) is 12.2 Å². The molecule has 7 heteroatoms. The molecule has 1 aliphatic rings. The van der Waals surface area contributed by atoms with Gasteiger partial charge in [-0.3, -0.25) is 9.48 Å². The summed E-state index contributed by atoms with van der Waals surface area (Å²) in [6.07, 6.45) is 3.06. The topological polar surface area (TPSA) is 93.9 Å². The van der Waals surface area contributed by atoms with E-state index in [1.807, 2.05) is 26.0 Å². The minimum Gasteiger partial charge on any atom is -0.489 e. The van der Waals surface area contributed by atoms with Crippen molar-refractivity contribution in [3.05, 3.63) is 46.7 Å². The lowest BCUT2D eigenvalue weighted by atomic mass is 9.53. The van der Waals surface area contributed by atoms with Gasteiger partial charge in [0.15, 0.2) is 0 Å². The summed E-state index contributed by atoms with van der Waals surface area (Å²) in [7, 11) is 0.